The Morgan fingerprint density at radius 2 is 1.76 bits per heavy atom. The molecule has 1 aliphatic rings. The first-order chi connectivity index (χ1) is 10.1. The van der Waals surface area contributed by atoms with Gasteiger partial charge in [-0.15, -0.1) is 0 Å². The molecule has 0 bridgehead atoms. The lowest BCUT2D eigenvalue weighted by Crippen LogP contribution is -2.38. The Hall–Kier alpha value is -1.72. The second-order valence-corrected chi connectivity index (χ2v) is 7.43. The number of hydrogen-bond acceptors (Lipinski definition) is 3. The highest BCUT2D eigenvalue weighted by Crippen LogP contribution is 2.40. The van der Waals surface area contributed by atoms with Crippen molar-refractivity contribution >= 4 is 9.84 Å². The van der Waals surface area contributed by atoms with Crippen LogP contribution in [0.5, 0.6) is 0 Å². The zero-order chi connectivity index (χ0) is 14.9. The summed E-state index contributed by atoms with van der Waals surface area (Å²) in [6.45, 7) is 0.996. The second kappa shape index (κ2) is 5.24. The first-order valence-electron chi connectivity index (χ1n) is 6.74. The van der Waals surface area contributed by atoms with E-state index in [4.69, 9.17) is 0 Å². The number of benzene rings is 2. The van der Waals surface area contributed by atoms with Crippen LogP contribution in [0.25, 0.3) is 0 Å². The average Bonchev–Trinajstić information content (AvgIpc) is 3.00. The van der Waals surface area contributed by atoms with Crippen molar-refractivity contribution in [1.29, 1.82) is 0 Å². The van der Waals surface area contributed by atoms with Crippen LogP contribution >= 0.6 is 0 Å². The van der Waals surface area contributed by atoms with Gasteiger partial charge in [-0.05, 0) is 48.9 Å². The fraction of sp³-hybridized carbons (Fsp3) is 0.250. The first-order valence-corrected chi connectivity index (χ1v) is 8.22. The van der Waals surface area contributed by atoms with E-state index in [0.29, 0.717) is 19.5 Å². The van der Waals surface area contributed by atoms with E-state index in [2.05, 4.69) is 11.4 Å². The van der Waals surface area contributed by atoms with E-state index >= 15 is 0 Å². The van der Waals surface area contributed by atoms with Crippen molar-refractivity contribution in [2.45, 2.75) is 16.1 Å². The summed E-state index contributed by atoms with van der Waals surface area (Å²) in [7, 11) is -3.61. The van der Waals surface area contributed by atoms with Crippen LogP contribution in [0.4, 0.5) is 4.39 Å². The summed E-state index contributed by atoms with van der Waals surface area (Å²) < 4.78 is 38.3. The van der Waals surface area contributed by atoms with Crippen molar-refractivity contribution in [3.05, 3.63) is 66.0 Å². The highest BCUT2D eigenvalue weighted by Gasteiger charge is 2.48. The predicted molar refractivity (Wildman–Crippen MR) is 78.0 cm³/mol. The molecule has 0 saturated carbocycles. The third-order valence-electron chi connectivity index (χ3n) is 4.00. The third-order valence-corrected chi connectivity index (χ3v) is 6.50. The maximum absolute atomic E-state index is 13.1. The molecule has 1 radical (unpaired) electrons. The average molecular weight is 304 g/mol. The Morgan fingerprint density at radius 3 is 2.33 bits per heavy atom. The predicted octanol–water partition coefficient (Wildman–Crippen LogP) is 2.29. The lowest BCUT2D eigenvalue weighted by molar-refractivity contribution is 0.536. The standard InChI is InChI=1S/C16H15FNO2S/c17-14-6-8-15(9-7-14)21(19,20)16(10-11-18-12-16)13-4-2-1-3-5-13/h2-9,18H,10-12H2. The minimum absolute atomic E-state index is 0.153. The Balaban J connectivity index is 2.15. The topological polar surface area (TPSA) is 46.2 Å². The molecule has 0 aromatic heterocycles. The van der Waals surface area contributed by atoms with Gasteiger partial charge in [0, 0.05) is 6.54 Å². The Kier molecular flexibility index (Phi) is 3.55. The summed E-state index contributed by atoms with van der Waals surface area (Å²) in [6, 6.07) is 14.9. The molecule has 1 aliphatic heterocycles. The highest BCUT2D eigenvalue weighted by molar-refractivity contribution is 7.92. The van der Waals surface area contributed by atoms with Crippen LogP contribution in [0.1, 0.15) is 12.0 Å². The van der Waals surface area contributed by atoms with E-state index in [0.717, 1.165) is 5.56 Å². The molecule has 1 unspecified atom stereocenters. The summed E-state index contributed by atoms with van der Waals surface area (Å²) in [5.41, 5.74) is 0.746. The van der Waals surface area contributed by atoms with Gasteiger partial charge in [0.1, 0.15) is 10.6 Å². The fourth-order valence-corrected chi connectivity index (χ4v) is 4.88. The number of halogens is 1. The van der Waals surface area contributed by atoms with Gasteiger partial charge in [0.15, 0.2) is 9.84 Å². The number of rotatable bonds is 3. The highest BCUT2D eigenvalue weighted by atomic mass is 32.2. The van der Waals surface area contributed by atoms with E-state index < -0.39 is 20.4 Å². The summed E-state index contributed by atoms with van der Waals surface area (Å²) >= 11 is 0. The number of hydrogen-bond donors (Lipinski definition) is 1. The van der Waals surface area contributed by atoms with Gasteiger partial charge in [-0.25, -0.2) is 12.8 Å². The molecule has 2 aromatic rings. The quantitative estimate of drug-likeness (QED) is 0.885. The Bertz CT molecular complexity index is 721. The molecule has 0 spiro atoms. The Morgan fingerprint density at radius 1 is 1.10 bits per heavy atom. The molecular weight excluding hydrogens is 289 g/mol. The molecule has 0 amide bonds. The summed E-state index contributed by atoms with van der Waals surface area (Å²) in [5.74, 6) is -0.443. The minimum atomic E-state index is -3.61. The van der Waals surface area contributed by atoms with E-state index in [9.17, 15) is 12.8 Å². The molecular formula is C16H15FNO2S. The Labute approximate surface area is 123 Å². The lowest BCUT2D eigenvalue weighted by Gasteiger charge is -2.28. The molecule has 21 heavy (non-hydrogen) atoms. The summed E-state index contributed by atoms with van der Waals surface area (Å²) in [5, 5.41) is 3.14. The largest absolute Gasteiger partial charge is 0.315 e. The van der Waals surface area contributed by atoms with Crippen molar-refractivity contribution in [3.63, 3.8) is 0 Å². The number of nitrogens with one attached hydrogen (secondary N) is 1. The van der Waals surface area contributed by atoms with Crippen molar-refractivity contribution in [1.82, 2.24) is 5.32 Å². The molecule has 1 atom stereocenters. The third kappa shape index (κ3) is 2.26. The van der Waals surface area contributed by atoms with Crippen molar-refractivity contribution in [2.24, 2.45) is 0 Å². The van der Waals surface area contributed by atoms with Crippen LogP contribution in [-0.2, 0) is 14.6 Å². The molecule has 1 saturated heterocycles. The van der Waals surface area contributed by atoms with Crippen molar-refractivity contribution in [3.8, 4) is 0 Å². The first kappa shape index (κ1) is 14.2. The lowest BCUT2D eigenvalue weighted by atomic mass is 9.97. The van der Waals surface area contributed by atoms with E-state index in [1.54, 1.807) is 24.3 Å². The molecule has 2 aromatic carbocycles. The zero-order valence-electron chi connectivity index (χ0n) is 11.3. The zero-order valence-corrected chi connectivity index (χ0v) is 12.2. The van der Waals surface area contributed by atoms with E-state index in [-0.39, 0.29) is 4.90 Å². The maximum atomic E-state index is 13.1. The molecule has 1 N–H and O–H groups in total. The molecule has 1 heterocycles. The van der Waals surface area contributed by atoms with Gasteiger partial charge in [-0.1, -0.05) is 24.3 Å². The van der Waals surface area contributed by atoms with Crippen LogP contribution < -0.4 is 5.32 Å². The van der Waals surface area contributed by atoms with Gasteiger partial charge in [-0.2, -0.15) is 0 Å². The molecule has 3 nitrogen and oxygen atoms in total. The molecule has 3 rings (SSSR count). The smallest absolute Gasteiger partial charge is 0.189 e. The minimum Gasteiger partial charge on any atom is -0.315 e. The molecule has 5 heteroatoms. The summed E-state index contributed by atoms with van der Waals surface area (Å²) in [4.78, 5) is 0.153. The number of sulfone groups is 1. The van der Waals surface area contributed by atoms with Gasteiger partial charge in [0.25, 0.3) is 0 Å². The SMILES string of the molecule is O=S(=O)(c1ccc(F)cc1)C1(c2cc[c]cc2)CCNC1. The normalized spacial score (nSPS) is 22.3. The monoisotopic (exact) mass is 304 g/mol. The van der Waals surface area contributed by atoms with Gasteiger partial charge in [0.2, 0.25) is 0 Å². The van der Waals surface area contributed by atoms with Gasteiger partial charge < -0.3 is 5.32 Å². The van der Waals surface area contributed by atoms with Gasteiger partial charge in [0.05, 0.1) is 4.90 Å². The maximum Gasteiger partial charge on any atom is 0.189 e. The van der Waals surface area contributed by atoms with Crippen LogP contribution in [0.15, 0.2) is 53.4 Å². The fourth-order valence-electron chi connectivity index (χ4n) is 2.83. The van der Waals surface area contributed by atoms with Crippen molar-refractivity contribution < 1.29 is 12.8 Å². The van der Waals surface area contributed by atoms with Crippen molar-refractivity contribution in [2.75, 3.05) is 13.1 Å². The van der Waals surface area contributed by atoms with Gasteiger partial charge in [-0.3, -0.25) is 0 Å². The molecule has 109 valence electrons. The van der Waals surface area contributed by atoms with E-state index in [1.807, 2.05) is 0 Å². The molecule has 0 aliphatic carbocycles. The summed E-state index contributed by atoms with van der Waals surface area (Å²) in [6.07, 6.45) is 0.497. The van der Waals surface area contributed by atoms with Gasteiger partial charge >= 0.3 is 0 Å². The van der Waals surface area contributed by atoms with Crippen LogP contribution in [0.3, 0.4) is 0 Å². The second-order valence-electron chi connectivity index (χ2n) is 5.17. The molecule has 1 fully saturated rings. The van der Waals surface area contributed by atoms with Crippen LogP contribution in [0, 0.1) is 11.9 Å². The van der Waals surface area contributed by atoms with E-state index in [1.165, 1.54) is 24.3 Å². The van der Waals surface area contributed by atoms with Crippen LogP contribution in [0.2, 0.25) is 0 Å². The van der Waals surface area contributed by atoms with Crippen LogP contribution in [-0.4, -0.2) is 21.5 Å².